The molecule has 0 bridgehead atoms. The van der Waals surface area contributed by atoms with E-state index in [1.54, 1.807) is 0 Å². The Kier molecular flexibility index (Phi) is 5.92. The fourth-order valence-corrected chi connectivity index (χ4v) is 2.74. The lowest BCUT2D eigenvalue weighted by Gasteiger charge is -2.24. The second-order valence-electron chi connectivity index (χ2n) is 5.15. The third kappa shape index (κ3) is 3.96. The van der Waals surface area contributed by atoms with Crippen LogP contribution in [0.25, 0.3) is 0 Å². The highest BCUT2D eigenvalue weighted by atomic mass is 16.4. The molecule has 0 aromatic carbocycles. The first-order valence-corrected chi connectivity index (χ1v) is 6.71. The predicted octanol–water partition coefficient (Wildman–Crippen LogP) is 1.73. The van der Waals surface area contributed by atoms with E-state index in [1.165, 1.54) is 0 Å². The molecule has 100 valence electrons. The SMILES string of the molecule is CCCC1(C(=O)O)CCN(CCCCCO)C1. The Hall–Kier alpha value is -0.610. The average molecular weight is 243 g/mol. The van der Waals surface area contributed by atoms with Crippen LogP contribution in [0, 0.1) is 5.41 Å². The van der Waals surface area contributed by atoms with Crippen LogP contribution in [0.4, 0.5) is 0 Å². The third-order valence-corrected chi connectivity index (χ3v) is 3.75. The number of unbranched alkanes of at least 4 members (excludes halogenated alkanes) is 2. The van der Waals surface area contributed by atoms with Gasteiger partial charge in [-0.05, 0) is 45.2 Å². The quantitative estimate of drug-likeness (QED) is 0.637. The maximum absolute atomic E-state index is 11.4. The van der Waals surface area contributed by atoms with Crippen molar-refractivity contribution in [2.75, 3.05) is 26.2 Å². The first kappa shape index (κ1) is 14.5. The molecule has 1 unspecified atom stereocenters. The molecular weight excluding hydrogens is 218 g/mol. The minimum absolute atomic E-state index is 0.259. The van der Waals surface area contributed by atoms with Crippen LogP contribution in [0.5, 0.6) is 0 Å². The van der Waals surface area contributed by atoms with Crippen molar-refractivity contribution in [3.05, 3.63) is 0 Å². The normalized spacial score (nSPS) is 25.3. The van der Waals surface area contributed by atoms with Gasteiger partial charge in [-0.3, -0.25) is 4.79 Å². The molecule has 1 saturated heterocycles. The molecule has 0 radical (unpaired) electrons. The van der Waals surface area contributed by atoms with Crippen LogP contribution < -0.4 is 0 Å². The minimum Gasteiger partial charge on any atom is -0.481 e. The largest absolute Gasteiger partial charge is 0.481 e. The van der Waals surface area contributed by atoms with E-state index in [0.717, 1.165) is 51.6 Å². The molecule has 0 aromatic rings. The molecule has 1 fully saturated rings. The van der Waals surface area contributed by atoms with Crippen LogP contribution in [0.15, 0.2) is 0 Å². The highest BCUT2D eigenvalue weighted by molar-refractivity contribution is 5.75. The molecule has 0 amide bonds. The number of rotatable bonds is 8. The van der Waals surface area contributed by atoms with E-state index < -0.39 is 11.4 Å². The molecular formula is C13H25NO3. The van der Waals surface area contributed by atoms with E-state index in [2.05, 4.69) is 11.8 Å². The Balaban J connectivity index is 2.35. The van der Waals surface area contributed by atoms with E-state index in [4.69, 9.17) is 5.11 Å². The Bertz CT molecular complexity index is 245. The average Bonchev–Trinajstić information content (AvgIpc) is 2.70. The zero-order chi connectivity index (χ0) is 12.7. The molecule has 1 rings (SSSR count). The number of carbonyl (C=O) groups is 1. The molecule has 1 atom stereocenters. The number of hydrogen-bond donors (Lipinski definition) is 2. The van der Waals surface area contributed by atoms with Gasteiger partial charge >= 0.3 is 5.97 Å². The predicted molar refractivity (Wildman–Crippen MR) is 67.0 cm³/mol. The van der Waals surface area contributed by atoms with Crippen LogP contribution in [0.2, 0.25) is 0 Å². The van der Waals surface area contributed by atoms with Crippen molar-refractivity contribution in [3.8, 4) is 0 Å². The van der Waals surface area contributed by atoms with Crippen molar-refractivity contribution >= 4 is 5.97 Å². The Morgan fingerprint density at radius 2 is 2.12 bits per heavy atom. The molecule has 0 aliphatic carbocycles. The van der Waals surface area contributed by atoms with Crippen LogP contribution in [-0.2, 0) is 4.79 Å². The number of aliphatic hydroxyl groups excluding tert-OH is 1. The summed E-state index contributed by atoms with van der Waals surface area (Å²) < 4.78 is 0. The number of aliphatic hydroxyl groups is 1. The Labute approximate surface area is 104 Å². The van der Waals surface area contributed by atoms with Crippen LogP contribution in [-0.4, -0.2) is 47.3 Å². The third-order valence-electron chi connectivity index (χ3n) is 3.75. The second kappa shape index (κ2) is 6.97. The van der Waals surface area contributed by atoms with E-state index in [-0.39, 0.29) is 6.61 Å². The highest BCUT2D eigenvalue weighted by Gasteiger charge is 2.43. The first-order chi connectivity index (χ1) is 8.14. The maximum atomic E-state index is 11.4. The zero-order valence-corrected chi connectivity index (χ0v) is 10.8. The molecule has 4 heteroatoms. The van der Waals surface area contributed by atoms with Gasteiger partial charge in [-0.2, -0.15) is 0 Å². The van der Waals surface area contributed by atoms with E-state index in [0.29, 0.717) is 6.54 Å². The van der Waals surface area contributed by atoms with Gasteiger partial charge in [0.25, 0.3) is 0 Å². The van der Waals surface area contributed by atoms with Gasteiger partial charge in [0.2, 0.25) is 0 Å². The van der Waals surface area contributed by atoms with E-state index in [9.17, 15) is 9.90 Å². The number of likely N-dealkylation sites (tertiary alicyclic amines) is 1. The lowest BCUT2D eigenvalue weighted by molar-refractivity contribution is -0.148. The fourth-order valence-electron chi connectivity index (χ4n) is 2.74. The topological polar surface area (TPSA) is 60.8 Å². The summed E-state index contributed by atoms with van der Waals surface area (Å²) in [6.45, 7) is 4.89. The Morgan fingerprint density at radius 1 is 1.35 bits per heavy atom. The summed E-state index contributed by atoms with van der Waals surface area (Å²) in [5.74, 6) is -0.628. The van der Waals surface area contributed by atoms with Gasteiger partial charge in [0, 0.05) is 13.2 Å². The molecule has 4 nitrogen and oxygen atoms in total. The molecule has 2 N–H and O–H groups in total. The van der Waals surface area contributed by atoms with Crippen LogP contribution in [0.3, 0.4) is 0 Å². The maximum Gasteiger partial charge on any atom is 0.310 e. The van der Waals surface area contributed by atoms with Gasteiger partial charge in [0.05, 0.1) is 5.41 Å². The van der Waals surface area contributed by atoms with Gasteiger partial charge in [-0.1, -0.05) is 13.3 Å². The lowest BCUT2D eigenvalue weighted by Crippen LogP contribution is -2.34. The van der Waals surface area contributed by atoms with Crippen molar-refractivity contribution in [1.29, 1.82) is 0 Å². The summed E-state index contributed by atoms with van der Waals surface area (Å²) in [4.78, 5) is 13.6. The van der Waals surface area contributed by atoms with Crippen LogP contribution in [0.1, 0.15) is 45.4 Å². The van der Waals surface area contributed by atoms with Gasteiger partial charge in [-0.15, -0.1) is 0 Å². The molecule has 0 spiro atoms. The number of carboxylic acid groups (broad SMARTS) is 1. The zero-order valence-electron chi connectivity index (χ0n) is 10.8. The highest BCUT2D eigenvalue weighted by Crippen LogP contribution is 2.35. The van der Waals surface area contributed by atoms with Crippen LogP contribution >= 0.6 is 0 Å². The summed E-state index contributed by atoms with van der Waals surface area (Å²) in [6.07, 6.45) is 5.45. The molecule has 1 aliphatic rings. The van der Waals surface area contributed by atoms with Crippen molar-refractivity contribution in [2.24, 2.45) is 5.41 Å². The minimum atomic E-state index is -0.628. The second-order valence-corrected chi connectivity index (χ2v) is 5.15. The van der Waals surface area contributed by atoms with Gasteiger partial charge in [0.1, 0.15) is 0 Å². The summed E-state index contributed by atoms with van der Waals surface area (Å²) in [5.41, 5.74) is -0.494. The Morgan fingerprint density at radius 3 is 2.71 bits per heavy atom. The first-order valence-electron chi connectivity index (χ1n) is 6.71. The summed E-state index contributed by atoms with van der Waals surface area (Å²) >= 11 is 0. The van der Waals surface area contributed by atoms with E-state index >= 15 is 0 Å². The molecule has 0 aromatic heterocycles. The molecule has 0 saturated carbocycles. The number of aliphatic carboxylic acids is 1. The van der Waals surface area contributed by atoms with Crippen molar-refractivity contribution in [1.82, 2.24) is 4.90 Å². The number of hydrogen-bond acceptors (Lipinski definition) is 3. The molecule has 1 heterocycles. The number of carboxylic acids is 1. The number of nitrogens with zero attached hydrogens (tertiary/aromatic N) is 1. The molecule has 17 heavy (non-hydrogen) atoms. The summed E-state index contributed by atoms with van der Waals surface area (Å²) in [7, 11) is 0. The summed E-state index contributed by atoms with van der Waals surface area (Å²) in [6, 6.07) is 0. The van der Waals surface area contributed by atoms with Gasteiger partial charge in [0.15, 0.2) is 0 Å². The van der Waals surface area contributed by atoms with Crippen molar-refractivity contribution in [3.63, 3.8) is 0 Å². The smallest absolute Gasteiger partial charge is 0.310 e. The lowest BCUT2D eigenvalue weighted by atomic mass is 9.83. The van der Waals surface area contributed by atoms with E-state index in [1.807, 2.05) is 0 Å². The monoisotopic (exact) mass is 243 g/mol. The van der Waals surface area contributed by atoms with Crippen molar-refractivity contribution < 1.29 is 15.0 Å². The fraction of sp³-hybridized carbons (Fsp3) is 0.923. The summed E-state index contributed by atoms with van der Waals surface area (Å²) in [5, 5.41) is 18.1. The van der Waals surface area contributed by atoms with Crippen molar-refractivity contribution in [2.45, 2.75) is 45.4 Å². The molecule has 1 aliphatic heterocycles. The van der Waals surface area contributed by atoms with Gasteiger partial charge < -0.3 is 15.1 Å². The standard InChI is InChI=1S/C13H25NO3/c1-2-6-13(12(16)17)7-9-14(11-13)8-4-3-5-10-15/h15H,2-11H2,1H3,(H,16,17). The van der Waals surface area contributed by atoms with Gasteiger partial charge in [-0.25, -0.2) is 0 Å².